The lowest BCUT2D eigenvalue weighted by Gasteiger charge is -2.08. The van der Waals surface area contributed by atoms with Crippen molar-refractivity contribution in [2.24, 2.45) is 0 Å². The van der Waals surface area contributed by atoms with E-state index in [-0.39, 0.29) is 0 Å². The molecule has 2 rings (SSSR count). The van der Waals surface area contributed by atoms with Crippen molar-refractivity contribution in [2.75, 3.05) is 5.73 Å². The third-order valence-corrected chi connectivity index (χ3v) is 4.49. The van der Waals surface area contributed by atoms with Crippen LogP contribution in [0.25, 0.3) is 0 Å². The van der Waals surface area contributed by atoms with Crippen molar-refractivity contribution in [3.05, 3.63) is 64.2 Å². The van der Waals surface area contributed by atoms with E-state index in [1.54, 1.807) is 18.2 Å². The van der Waals surface area contributed by atoms with E-state index in [2.05, 4.69) is 0 Å². The molecule has 1 unspecified atom stereocenters. The number of rotatable bonds is 4. The summed E-state index contributed by atoms with van der Waals surface area (Å²) in [5.74, 6) is 0.909. The van der Waals surface area contributed by atoms with E-state index < -0.39 is 10.8 Å². The summed E-state index contributed by atoms with van der Waals surface area (Å²) in [4.78, 5) is 0. The van der Waals surface area contributed by atoms with Gasteiger partial charge in [0.15, 0.2) is 0 Å². The molecule has 0 fully saturated rings. The lowest BCUT2D eigenvalue weighted by Crippen LogP contribution is -2.03. The molecule has 0 spiro atoms. The minimum Gasteiger partial charge on any atom is -0.398 e. The molecule has 0 radical (unpaired) electrons. The largest absolute Gasteiger partial charge is 0.398 e. The first-order valence-electron chi connectivity index (χ1n) is 5.99. The van der Waals surface area contributed by atoms with Crippen molar-refractivity contribution >= 4 is 28.1 Å². The maximum absolute atomic E-state index is 12.2. The molecule has 0 aromatic heterocycles. The molecule has 2 aromatic rings. The van der Waals surface area contributed by atoms with Crippen LogP contribution in [0.4, 0.5) is 5.69 Å². The van der Waals surface area contributed by atoms with E-state index in [1.165, 1.54) is 5.56 Å². The molecule has 4 heteroatoms. The van der Waals surface area contributed by atoms with Crippen LogP contribution in [-0.4, -0.2) is 4.21 Å². The molecule has 2 nitrogen and oxygen atoms in total. The fourth-order valence-electron chi connectivity index (χ4n) is 1.93. The SMILES string of the molecule is Cc1cccc(CS(=O)Cc2c(N)cccc2Cl)c1. The first kappa shape index (κ1) is 14.1. The van der Waals surface area contributed by atoms with Gasteiger partial charge in [-0.3, -0.25) is 4.21 Å². The van der Waals surface area contributed by atoms with Gasteiger partial charge in [0.25, 0.3) is 0 Å². The zero-order valence-electron chi connectivity index (χ0n) is 10.7. The number of aryl methyl sites for hydroxylation is 1. The molecule has 2 aromatic carbocycles. The minimum atomic E-state index is -1.02. The summed E-state index contributed by atoms with van der Waals surface area (Å²) in [7, 11) is -1.02. The van der Waals surface area contributed by atoms with Crippen molar-refractivity contribution in [2.45, 2.75) is 18.4 Å². The average molecular weight is 294 g/mol. The number of halogens is 1. The van der Waals surface area contributed by atoms with Crippen LogP contribution in [0.5, 0.6) is 0 Å². The van der Waals surface area contributed by atoms with Gasteiger partial charge < -0.3 is 5.73 Å². The van der Waals surface area contributed by atoms with Crippen LogP contribution < -0.4 is 5.73 Å². The standard InChI is InChI=1S/C15H16ClNOS/c1-11-4-2-5-12(8-11)9-19(18)10-13-14(16)6-3-7-15(13)17/h2-8H,9-10,17H2,1H3. The van der Waals surface area contributed by atoms with Crippen LogP contribution in [0, 0.1) is 6.92 Å². The van der Waals surface area contributed by atoms with Gasteiger partial charge in [-0.25, -0.2) is 0 Å². The molecule has 0 aliphatic heterocycles. The predicted molar refractivity (Wildman–Crippen MR) is 82.6 cm³/mol. The number of nitrogens with two attached hydrogens (primary N) is 1. The lowest BCUT2D eigenvalue weighted by atomic mass is 10.2. The molecule has 100 valence electrons. The fraction of sp³-hybridized carbons (Fsp3) is 0.200. The number of hydrogen-bond acceptors (Lipinski definition) is 2. The number of nitrogen functional groups attached to an aromatic ring is 1. The summed E-state index contributed by atoms with van der Waals surface area (Å²) >= 11 is 6.09. The molecule has 2 N–H and O–H groups in total. The second kappa shape index (κ2) is 6.22. The zero-order valence-corrected chi connectivity index (χ0v) is 12.3. The molecule has 0 aliphatic carbocycles. The summed E-state index contributed by atoms with van der Waals surface area (Å²) < 4.78 is 12.2. The second-order valence-corrected chi connectivity index (χ2v) is 6.39. The lowest BCUT2D eigenvalue weighted by molar-refractivity contribution is 0.682. The molecule has 0 saturated heterocycles. The predicted octanol–water partition coefficient (Wildman–Crippen LogP) is 3.68. The van der Waals surface area contributed by atoms with Crippen LogP contribution >= 0.6 is 11.6 Å². The van der Waals surface area contributed by atoms with Crippen LogP contribution in [0.1, 0.15) is 16.7 Å². The smallest absolute Gasteiger partial charge is 0.0524 e. The first-order chi connectivity index (χ1) is 9.06. The normalized spacial score (nSPS) is 12.3. The van der Waals surface area contributed by atoms with Gasteiger partial charge in [-0.2, -0.15) is 0 Å². The van der Waals surface area contributed by atoms with Crippen molar-refractivity contribution in [3.63, 3.8) is 0 Å². The molecule has 0 heterocycles. The molecule has 0 aliphatic rings. The Labute approximate surface area is 121 Å². The third kappa shape index (κ3) is 3.82. The minimum absolute atomic E-state index is 0.388. The number of anilines is 1. The zero-order chi connectivity index (χ0) is 13.8. The molecule has 0 bridgehead atoms. The van der Waals surface area contributed by atoms with Gasteiger partial charge in [-0.05, 0) is 24.6 Å². The molecule has 19 heavy (non-hydrogen) atoms. The summed E-state index contributed by atoms with van der Waals surface area (Å²) in [5, 5.41) is 0.581. The Hall–Kier alpha value is -1.32. The van der Waals surface area contributed by atoms with E-state index in [0.717, 1.165) is 11.1 Å². The topological polar surface area (TPSA) is 43.1 Å². The quantitative estimate of drug-likeness (QED) is 0.874. The van der Waals surface area contributed by atoms with Gasteiger partial charge in [0.05, 0.1) is 5.75 Å². The van der Waals surface area contributed by atoms with Gasteiger partial charge in [-0.15, -0.1) is 0 Å². The van der Waals surface area contributed by atoms with Crippen LogP contribution in [0.2, 0.25) is 5.02 Å². The van der Waals surface area contributed by atoms with E-state index in [9.17, 15) is 4.21 Å². The Bertz CT molecular complexity index is 593. The Morgan fingerprint density at radius 1 is 1.16 bits per heavy atom. The van der Waals surface area contributed by atoms with Crippen molar-refractivity contribution < 1.29 is 4.21 Å². The van der Waals surface area contributed by atoms with E-state index in [4.69, 9.17) is 17.3 Å². The number of benzene rings is 2. The van der Waals surface area contributed by atoms with Gasteiger partial charge in [0, 0.05) is 32.8 Å². The monoisotopic (exact) mass is 293 g/mol. The van der Waals surface area contributed by atoms with Gasteiger partial charge in [0.2, 0.25) is 0 Å². The molecule has 1 atom stereocenters. The second-order valence-electron chi connectivity index (χ2n) is 4.53. The highest BCUT2D eigenvalue weighted by Gasteiger charge is 2.09. The number of hydrogen-bond donors (Lipinski definition) is 1. The average Bonchev–Trinajstić information content (AvgIpc) is 2.34. The van der Waals surface area contributed by atoms with E-state index in [0.29, 0.717) is 22.2 Å². The Balaban J connectivity index is 2.10. The maximum Gasteiger partial charge on any atom is 0.0524 e. The highest BCUT2D eigenvalue weighted by Crippen LogP contribution is 2.24. The molecule has 0 amide bonds. The summed E-state index contributed by atoms with van der Waals surface area (Å²) in [6.45, 7) is 2.03. The molecular weight excluding hydrogens is 278 g/mol. The van der Waals surface area contributed by atoms with Gasteiger partial charge >= 0.3 is 0 Å². The first-order valence-corrected chi connectivity index (χ1v) is 7.86. The summed E-state index contributed by atoms with van der Waals surface area (Å²) in [5.41, 5.74) is 9.49. The molecular formula is C15H16ClNOS. The Kier molecular flexibility index (Phi) is 4.61. The fourth-order valence-corrected chi connectivity index (χ4v) is 3.55. The summed E-state index contributed by atoms with van der Waals surface area (Å²) in [6.07, 6.45) is 0. The highest BCUT2D eigenvalue weighted by molar-refractivity contribution is 7.83. The third-order valence-electron chi connectivity index (χ3n) is 2.87. The Morgan fingerprint density at radius 3 is 2.58 bits per heavy atom. The van der Waals surface area contributed by atoms with Crippen molar-refractivity contribution in [1.82, 2.24) is 0 Å². The van der Waals surface area contributed by atoms with Gasteiger partial charge in [-0.1, -0.05) is 47.5 Å². The van der Waals surface area contributed by atoms with Crippen molar-refractivity contribution in [3.8, 4) is 0 Å². The van der Waals surface area contributed by atoms with Crippen LogP contribution in [0.15, 0.2) is 42.5 Å². The Morgan fingerprint density at radius 2 is 1.89 bits per heavy atom. The highest BCUT2D eigenvalue weighted by atomic mass is 35.5. The summed E-state index contributed by atoms with van der Waals surface area (Å²) in [6, 6.07) is 13.4. The van der Waals surface area contributed by atoms with Crippen molar-refractivity contribution in [1.29, 1.82) is 0 Å². The van der Waals surface area contributed by atoms with Crippen LogP contribution in [0.3, 0.4) is 0 Å². The van der Waals surface area contributed by atoms with Gasteiger partial charge in [0.1, 0.15) is 0 Å². The maximum atomic E-state index is 12.2. The molecule has 0 saturated carbocycles. The van der Waals surface area contributed by atoms with E-state index >= 15 is 0 Å². The van der Waals surface area contributed by atoms with E-state index in [1.807, 2.05) is 31.2 Å². The van der Waals surface area contributed by atoms with Crippen LogP contribution in [-0.2, 0) is 22.3 Å².